The predicted octanol–water partition coefficient (Wildman–Crippen LogP) is 3.10. The maximum atomic E-state index is 10.7. The third kappa shape index (κ3) is 8.47. The number of allylic oxidation sites excluding steroid dienone is 2. The Morgan fingerprint density at radius 2 is 2.00 bits per heavy atom. The zero-order valence-electron chi connectivity index (χ0n) is 16.3. The van der Waals surface area contributed by atoms with Crippen molar-refractivity contribution in [2.45, 2.75) is 83.0 Å². The van der Waals surface area contributed by atoms with E-state index in [9.17, 15) is 15.0 Å². The van der Waals surface area contributed by atoms with Crippen LogP contribution in [-0.2, 0) is 9.53 Å². The molecule has 0 saturated heterocycles. The molecule has 0 aromatic carbocycles. The minimum atomic E-state index is -0.511. The standard InChI is InChI=1S/C21H37NO4/c1-3-4-7-10-16(26-2)13-14-18-17(19(23)15-20(18)24)11-8-5-6-9-12-21(22)25/h5,8,13-14,16-20,23-24H,3-4,6-7,9-12,15H2,1-2H3,(H2,22,25)/b8-5+,14-13+. The molecule has 0 radical (unpaired) electrons. The van der Waals surface area contributed by atoms with Gasteiger partial charge in [0.2, 0.25) is 5.91 Å². The first-order chi connectivity index (χ1) is 12.5. The van der Waals surface area contributed by atoms with Gasteiger partial charge in [-0.05, 0) is 31.6 Å². The zero-order chi connectivity index (χ0) is 19.4. The summed E-state index contributed by atoms with van der Waals surface area (Å²) in [5.74, 6) is -0.310. The predicted molar refractivity (Wildman–Crippen MR) is 104 cm³/mol. The maximum absolute atomic E-state index is 10.7. The van der Waals surface area contributed by atoms with Gasteiger partial charge in [-0.25, -0.2) is 0 Å². The molecule has 5 unspecified atom stereocenters. The van der Waals surface area contributed by atoms with E-state index >= 15 is 0 Å². The van der Waals surface area contributed by atoms with Gasteiger partial charge >= 0.3 is 0 Å². The topological polar surface area (TPSA) is 92.8 Å². The first-order valence-corrected chi connectivity index (χ1v) is 10.00. The van der Waals surface area contributed by atoms with Crippen LogP contribution in [0.5, 0.6) is 0 Å². The Hall–Kier alpha value is -1.17. The molecule has 5 nitrogen and oxygen atoms in total. The molecule has 1 rings (SSSR count). The summed E-state index contributed by atoms with van der Waals surface area (Å²) in [4.78, 5) is 10.7. The van der Waals surface area contributed by atoms with Gasteiger partial charge in [0.05, 0.1) is 18.3 Å². The van der Waals surface area contributed by atoms with E-state index in [0.717, 1.165) is 32.1 Å². The Bertz CT molecular complexity index is 449. The van der Waals surface area contributed by atoms with Crippen LogP contribution in [0, 0.1) is 11.8 Å². The summed E-state index contributed by atoms with van der Waals surface area (Å²) in [7, 11) is 1.72. The average molecular weight is 368 g/mol. The number of rotatable bonds is 13. The summed E-state index contributed by atoms with van der Waals surface area (Å²) in [5.41, 5.74) is 5.12. The van der Waals surface area contributed by atoms with Crippen LogP contribution >= 0.6 is 0 Å². The van der Waals surface area contributed by atoms with Gasteiger partial charge in [-0.2, -0.15) is 0 Å². The number of unbranched alkanes of at least 4 members (excludes halogenated alkanes) is 3. The molecule has 1 aliphatic rings. The molecular formula is C21H37NO4. The first-order valence-electron chi connectivity index (χ1n) is 10.00. The second-order valence-electron chi connectivity index (χ2n) is 7.33. The fraction of sp³-hybridized carbons (Fsp3) is 0.762. The molecule has 0 aliphatic heterocycles. The molecular weight excluding hydrogens is 330 g/mol. The molecule has 5 heteroatoms. The van der Waals surface area contributed by atoms with Crippen molar-refractivity contribution in [2.24, 2.45) is 17.6 Å². The largest absolute Gasteiger partial charge is 0.393 e. The Morgan fingerprint density at radius 3 is 2.65 bits per heavy atom. The lowest BCUT2D eigenvalue weighted by molar-refractivity contribution is -0.118. The highest BCUT2D eigenvalue weighted by atomic mass is 16.5. The number of aliphatic hydroxyl groups is 2. The highest BCUT2D eigenvalue weighted by Crippen LogP contribution is 2.36. The molecule has 0 aromatic heterocycles. The smallest absolute Gasteiger partial charge is 0.217 e. The van der Waals surface area contributed by atoms with Crippen LogP contribution in [0.4, 0.5) is 0 Å². The second kappa shape index (κ2) is 13.1. The van der Waals surface area contributed by atoms with Gasteiger partial charge in [-0.1, -0.05) is 50.5 Å². The summed E-state index contributed by atoms with van der Waals surface area (Å²) < 4.78 is 5.52. The van der Waals surface area contributed by atoms with Crippen molar-refractivity contribution in [3.8, 4) is 0 Å². The quantitative estimate of drug-likeness (QED) is 0.344. The van der Waals surface area contributed by atoms with Gasteiger partial charge in [0.25, 0.3) is 0 Å². The van der Waals surface area contributed by atoms with E-state index in [0.29, 0.717) is 12.8 Å². The van der Waals surface area contributed by atoms with Crippen LogP contribution in [0.15, 0.2) is 24.3 Å². The summed E-state index contributed by atoms with van der Waals surface area (Å²) >= 11 is 0. The van der Waals surface area contributed by atoms with Gasteiger partial charge in [-0.3, -0.25) is 4.79 Å². The number of primary amides is 1. The van der Waals surface area contributed by atoms with Crippen LogP contribution in [0.1, 0.15) is 64.7 Å². The third-order valence-electron chi connectivity index (χ3n) is 5.23. The molecule has 5 atom stereocenters. The molecule has 0 bridgehead atoms. The number of methoxy groups -OCH3 is 1. The number of nitrogens with two attached hydrogens (primary N) is 1. The van der Waals surface area contributed by atoms with Crippen molar-refractivity contribution in [3.63, 3.8) is 0 Å². The van der Waals surface area contributed by atoms with Crippen molar-refractivity contribution >= 4 is 5.91 Å². The van der Waals surface area contributed by atoms with Crippen molar-refractivity contribution in [1.29, 1.82) is 0 Å². The van der Waals surface area contributed by atoms with Crippen molar-refractivity contribution in [2.75, 3.05) is 7.11 Å². The number of aliphatic hydroxyl groups excluding tert-OH is 2. The second-order valence-corrected chi connectivity index (χ2v) is 7.33. The average Bonchev–Trinajstić information content (AvgIpc) is 2.87. The zero-order valence-corrected chi connectivity index (χ0v) is 16.3. The van der Waals surface area contributed by atoms with Gasteiger partial charge in [0.15, 0.2) is 0 Å². The summed E-state index contributed by atoms with van der Waals surface area (Å²) in [6, 6.07) is 0. The SMILES string of the molecule is CCCCCC(/C=C/C1C(O)CC(O)C1C/C=C/CCCC(N)=O)OC. The highest BCUT2D eigenvalue weighted by molar-refractivity contribution is 5.73. The van der Waals surface area contributed by atoms with E-state index in [-0.39, 0.29) is 23.8 Å². The van der Waals surface area contributed by atoms with E-state index in [2.05, 4.69) is 6.92 Å². The summed E-state index contributed by atoms with van der Waals surface area (Å²) in [5, 5.41) is 20.6. The minimum Gasteiger partial charge on any atom is -0.393 e. The molecule has 0 spiro atoms. The molecule has 1 fully saturated rings. The van der Waals surface area contributed by atoms with E-state index in [1.165, 1.54) is 12.8 Å². The van der Waals surface area contributed by atoms with Gasteiger partial charge < -0.3 is 20.7 Å². The van der Waals surface area contributed by atoms with Crippen LogP contribution < -0.4 is 5.73 Å². The van der Waals surface area contributed by atoms with Gasteiger partial charge in [0.1, 0.15) is 0 Å². The number of hydrogen-bond donors (Lipinski definition) is 3. The van der Waals surface area contributed by atoms with E-state index in [1.807, 2.05) is 24.3 Å². The van der Waals surface area contributed by atoms with Crippen LogP contribution in [0.2, 0.25) is 0 Å². The monoisotopic (exact) mass is 367 g/mol. The lowest BCUT2D eigenvalue weighted by Gasteiger charge is -2.20. The van der Waals surface area contributed by atoms with Crippen molar-refractivity contribution in [3.05, 3.63) is 24.3 Å². The summed E-state index contributed by atoms with van der Waals surface area (Å²) in [6.07, 6.45) is 14.8. The fourth-order valence-corrected chi connectivity index (χ4v) is 3.61. The van der Waals surface area contributed by atoms with E-state index in [1.54, 1.807) is 7.11 Å². The number of carbonyl (C=O) groups is 1. The number of hydrogen-bond acceptors (Lipinski definition) is 4. The first kappa shape index (κ1) is 22.9. The van der Waals surface area contributed by atoms with Crippen LogP contribution in [0.3, 0.4) is 0 Å². The van der Waals surface area contributed by atoms with Crippen LogP contribution in [-0.4, -0.2) is 41.5 Å². The Labute approximate surface area is 158 Å². The molecule has 150 valence electrons. The Morgan fingerprint density at radius 1 is 1.23 bits per heavy atom. The summed E-state index contributed by atoms with van der Waals surface area (Å²) in [6.45, 7) is 2.18. The number of ether oxygens (including phenoxy) is 1. The normalized spacial score (nSPS) is 27.5. The fourth-order valence-electron chi connectivity index (χ4n) is 3.61. The molecule has 1 saturated carbocycles. The van der Waals surface area contributed by atoms with Gasteiger partial charge in [0, 0.05) is 25.9 Å². The van der Waals surface area contributed by atoms with Crippen molar-refractivity contribution < 1.29 is 19.7 Å². The molecule has 4 N–H and O–H groups in total. The molecule has 0 aromatic rings. The van der Waals surface area contributed by atoms with Crippen molar-refractivity contribution in [1.82, 2.24) is 0 Å². The molecule has 0 heterocycles. The minimum absolute atomic E-state index is 0.0155. The molecule has 1 aliphatic carbocycles. The highest BCUT2D eigenvalue weighted by Gasteiger charge is 2.39. The lowest BCUT2D eigenvalue weighted by Crippen LogP contribution is -2.20. The van der Waals surface area contributed by atoms with Gasteiger partial charge in [-0.15, -0.1) is 0 Å². The Kier molecular flexibility index (Phi) is 11.5. The molecule has 1 amide bonds. The Balaban J connectivity index is 2.53. The maximum Gasteiger partial charge on any atom is 0.217 e. The number of amides is 1. The third-order valence-corrected chi connectivity index (χ3v) is 5.23. The van der Waals surface area contributed by atoms with Crippen LogP contribution in [0.25, 0.3) is 0 Å². The lowest BCUT2D eigenvalue weighted by atomic mass is 9.89. The number of carbonyl (C=O) groups excluding carboxylic acids is 1. The molecule has 26 heavy (non-hydrogen) atoms. The van der Waals surface area contributed by atoms with E-state index < -0.39 is 12.2 Å². The van der Waals surface area contributed by atoms with E-state index in [4.69, 9.17) is 10.5 Å².